The molecule has 0 saturated carbocycles. The Morgan fingerprint density at radius 3 is 2.26 bits per heavy atom. The zero-order valence-electron chi connectivity index (χ0n) is 12.4. The topological polar surface area (TPSA) is 38.3 Å². The fourth-order valence-corrected chi connectivity index (χ4v) is 1.69. The summed E-state index contributed by atoms with van der Waals surface area (Å²) in [5.74, 6) is -0.203. The summed E-state index contributed by atoms with van der Waals surface area (Å²) < 4.78 is 5.28. The Hall–Kier alpha value is -1.35. The van der Waals surface area contributed by atoms with Crippen molar-refractivity contribution in [3.63, 3.8) is 0 Å². The van der Waals surface area contributed by atoms with Crippen LogP contribution in [-0.2, 0) is 22.5 Å². The van der Waals surface area contributed by atoms with Gasteiger partial charge in [0.1, 0.15) is 6.10 Å². The lowest BCUT2D eigenvalue weighted by molar-refractivity contribution is -0.151. The van der Waals surface area contributed by atoms with Crippen LogP contribution in [0.2, 0.25) is 0 Å². The maximum Gasteiger partial charge on any atom is 0.308 e. The van der Waals surface area contributed by atoms with E-state index in [4.69, 9.17) is 4.74 Å². The number of hydrogen-bond acceptors (Lipinski definition) is 3. The summed E-state index contributed by atoms with van der Waals surface area (Å²) in [5, 5.41) is 3.31. The second kappa shape index (κ2) is 7.95. The average molecular weight is 263 g/mol. The van der Waals surface area contributed by atoms with Crippen molar-refractivity contribution in [2.45, 2.75) is 46.8 Å². The fourth-order valence-electron chi connectivity index (χ4n) is 1.69. The van der Waals surface area contributed by atoms with E-state index in [1.54, 1.807) is 0 Å². The van der Waals surface area contributed by atoms with E-state index in [1.807, 2.05) is 20.8 Å². The van der Waals surface area contributed by atoms with Crippen molar-refractivity contribution in [2.24, 2.45) is 5.92 Å². The highest BCUT2D eigenvalue weighted by Crippen LogP contribution is 2.05. The summed E-state index contributed by atoms with van der Waals surface area (Å²) in [5.41, 5.74) is 2.60. The van der Waals surface area contributed by atoms with Gasteiger partial charge in [-0.2, -0.15) is 0 Å². The molecule has 1 atom stereocenters. The van der Waals surface area contributed by atoms with Crippen molar-refractivity contribution in [1.82, 2.24) is 5.32 Å². The number of ether oxygens (including phenoxy) is 1. The molecule has 0 aliphatic rings. The number of benzene rings is 1. The summed E-state index contributed by atoms with van der Waals surface area (Å²) in [6.45, 7) is 9.22. The third-order valence-corrected chi connectivity index (χ3v) is 2.98. The second-order valence-corrected chi connectivity index (χ2v) is 5.20. The molecule has 0 saturated heterocycles. The van der Waals surface area contributed by atoms with Gasteiger partial charge in [0.05, 0.1) is 5.92 Å². The number of carbonyl (C=O) groups excluding carboxylic acids is 1. The number of esters is 1. The van der Waals surface area contributed by atoms with Gasteiger partial charge in [-0.3, -0.25) is 4.79 Å². The zero-order valence-corrected chi connectivity index (χ0v) is 12.4. The lowest BCUT2D eigenvalue weighted by Gasteiger charge is -2.15. The smallest absolute Gasteiger partial charge is 0.308 e. The summed E-state index contributed by atoms with van der Waals surface area (Å²) >= 11 is 0. The normalized spacial score (nSPS) is 12.5. The molecule has 0 heterocycles. The van der Waals surface area contributed by atoms with E-state index in [1.165, 1.54) is 11.1 Å². The van der Waals surface area contributed by atoms with Gasteiger partial charge in [0.15, 0.2) is 0 Å². The molecule has 0 radical (unpaired) electrons. The molecular weight excluding hydrogens is 238 g/mol. The molecule has 1 N–H and O–H groups in total. The SMILES string of the molecule is CCc1ccc(CNCC(C)OC(=O)C(C)C)cc1. The largest absolute Gasteiger partial charge is 0.461 e. The number of nitrogens with one attached hydrogen (secondary N) is 1. The van der Waals surface area contributed by atoms with Crippen LogP contribution in [0.15, 0.2) is 24.3 Å². The quantitative estimate of drug-likeness (QED) is 0.769. The Balaban J connectivity index is 2.27. The molecule has 0 fully saturated rings. The summed E-state index contributed by atoms with van der Waals surface area (Å²) in [6.07, 6.45) is 0.973. The maximum atomic E-state index is 11.4. The molecule has 0 aromatic heterocycles. The van der Waals surface area contributed by atoms with E-state index in [9.17, 15) is 4.79 Å². The molecule has 1 aromatic rings. The Labute approximate surface area is 116 Å². The number of carbonyl (C=O) groups is 1. The minimum absolute atomic E-state index is 0.0657. The minimum atomic E-state index is -0.137. The number of hydrogen-bond donors (Lipinski definition) is 1. The minimum Gasteiger partial charge on any atom is -0.461 e. The Morgan fingerprint density at radius 2 is 1.74 bits per heavy atom. The van der Waals surface area contributed by atoms with Gasteiger partial charge in [-0.1, -0.05) is 45.0 Å². The molecule has 0 aliphatic carbocycles. The number of aryl methyl sites for hydroxylation is 1. The first-order valence-corrected chi connectivity index (χ1v) is 7.02. The average Bonchev–Trinajstić information content (AvgIpc) is 2.39. The van der Waals surface area contributed by atoms with Gasteiger partial charge in [-0.25, -0.2) is 0 Å². The Kier molecular flexibility index (Phi) is 6.57. The highest BCUT2D eigenvalue weighted by molar-refractivity contribution is 5.71. The molecule has 1 unspecified atom stereocenters. The van der Waals surface area contributed by atoms with Gasteiger partial charge in [0, 0.05) is 13.1 Å². The summed E-state index contributed by atoms with van der Waals surface area (Å²) in [4.78, 5) is 11.4. The standard InChI is InChI=1S/C16H25NO2/c1-5-14-6-8-15(9-7-14)11-17-10-13(4)19-16(18)12(2)3/h6-9,12-13,17H,5,10-11H2,1-4H3. The first kappa shape index (κ1) is 15.7. The molecule has 1 rings (SSSR count). The molecule has 0 amide bonds. The van der Waals surface area contributed by atoms with Crippen molar-refractivity contribution in [1.29, 1.82) is 0 Å². The van der Waals surface area contributed by atoms with Gasteiger partial charge in [0.2, 0.25) is 0 Å². The van der Waals surface area contributed by atoms with E-state index in [-0.39, 0.29) is 18.0 Å². The Morgan fingerprint density at radius 1 is 1.16 bits per heavy atom. The predicted octanol–water partition coefficient (Wildman–Crippen LogP) is 2.93. The van der Waals surface area contributed by atoms with Crippen LogP contribution in [0, 0.1) is 5.92 Å². The lowest BCUT2D eigenvalue weighted by atomic mass is 10.1. The van der Waals surface area contributed by atoms with E-state index in [2.05, 4.69) is 36.5 Å². The fraction of sp³-hybridized carbons (Fsp3) is 0.562. The van der Waals surface area contributed by atoms with E-state index in [0.29, 0.717) is 6.54 Å². The van der Waals surface area contributed by atoms with Gasteiger partial charge < -0.3 is 10.1 Å². The number of rotatable bonds is 7. The van der Waals surface area contributed by atoms with Crippen LogP contribution in [-0.4, -0.2) is 18.6 Å². The molecule has 0 aliphatic heterocycles. The highest BCUT2D eigenvalue weighted by Gasteiger charge is 2.12. The first-order valence-electron chi connectivity index (χ1n) is 7.02. The molecular formula is C16H25NO2. The Bertz CT molecular complexity index is 384. The van der Waals surface area contributed by atoms with E-state index >= 15 is 0 Å². The van der Waals surface area contributed by atoms with Gasteiger partial charge >= 0.3 is 5.97 Å². The van der Waals surface area contributed by atoms with Gasteiger partial charge in [-0.05, 0) is 24.5 Å². The van der Waals surface area contributed by atoms with Crippen LogP contribution >= 0.6 is 0 Å². The van der Waals surface area contributed by atoms with Crippen molar-refractivity contribution in [3.8, 4) is 0 Å². The third kappa shape index (κ3) is 5.88. The van der Waals surface area contributed by atoms with Gasteiger partial charge in [-0.15, -0.1) is 0 Å². The van der Waals surface area contributed by atoms with Crippen LogP contribution in [0.1, 0.15) is 38.8 Å². The van der Waals surface area contributed by atoms with E-state index in [0.717, 1.165) is 13.0 Å². The van der Waals surface area contributed by atoms with Crippen molar-refractivity contribution in [2.75, 3.05) is 6.54 Å². The predicted molar refractivity (Wildman–Crippen MR) is 77.9 cm³/mol. The molecule has 19 heavy (non-hydrogen) atoms. The van der Waals surface area contributed by atoms with Crippen molar-refractivity contribution in [3.05, 3.63) is 35.4 Å². The van der Waals surface area contributed by atoms with Gasteiger partial charge in [0.25, 0.3) is 0 Å². The van der Waals surface area contributed by atoms with Crippen LogP contribution in [0.4, 0.5) is 0 Å². The van der Waals surface area contributed by atoms with Crippen LogP contribution in [0.25, 0.3) is 0 Å². The summed E-state index contributed by atoms with van der Waals surface area (Å²) in [6, 6.07) is 8.58. The molecule has 0 spiro atoms. The molecule has 0 bridgehead atoms. The third-order valence-electron chi connectivity index (χ3n) is 2.98. The van der Waals surface area contributed by atoms with E-state index < -0.39 is 0 Å². The van der Waals surface area contributed by atoms with Crippen LogP contribution in [0.5, 0.6) is 0 Å². The lowest BCUT2D eigenvalue weighted by Crippen LogP contribution is -2.29. The molecule has 1 aromatic carbocycles. The van der Waals surface area contributed by atoms with Crippen molar-refractivity contribution >= 4 is 5.97 Å². The maximum absolute atomic E-state index is 11.4. The first-order chi connectivity index (χ1) is 9.02. The second-order valence-electron chi connectivity index (χ2n) is 5.20. The molecule has 3 nitrogen and oxygen atoms in total. The van der Waals surface area contributed by atoms with Crippen molar-refractivity contribution < 1.29 is 9.53 Å². The van der Waals surface area contributed by atoms with Crippen LogP contribution < -0.4 is 5.32 Å². The monoisotopic (exact) mass is 263 g/mol. The highest BCUT2D eigenvalue weighted by atomic mass is 16.5. The molecule has 3 heteroatoms. The summed E-state index contributed by atoms with van der Waals surface area (Å²) in [7, 11) is 0. The zero-order chi connectivity index (χ0) is 14.3. The molecule has 106 valence electrons. The van der Waals surface area contributed by atoms with Crippen LogP contribution in [0.3, 0.4) is 0 Å².